The molecule has 0 saturated carbocycles. The fourth-order valence-corrected chi connectivity index (χ4v) is 1.31. The standard InChI is InChI=1S/C7H16.C5H12.C4H7ClO.C2H2Cl2O/c1-3-5-7-6-4-2;1-3-5-4-2;1-2-4(6)3-5;3-1-2(4)5/h3-7H2,1-2H3;3-5H2,1-2H3;2-3H2,1H3;1H2. The number of rotatable bonds is 9. The molecule has 0 amide bonds. The Balaban J connectivity index is -0.000000106. The van der Waals surface area contributed by atoms with Crippen LogP contribution in [0.1, 0.15) is 92.4 Å². The van der Waals surface area contributed by atoms with Crippen LogP contribution in [0.15, 0.2) is 0 Å². The van der Waals surface area contributed by atoms with Gasteiger partial charge in [0.15, 0.2) is 0 Å². The molecule has 0 aromatic carbocycles. The second-order valence-corrected chi connectivity index (χ2v) is 5.88. The fraction of sp³-hybridized carbons (Fsp3) is 0.889. The number of alkyl halides is 2. The van der Waals surface area contributed by atoms with Crippen LogP contribution >= 0.6 is 34.8 Å². The van der Waals surface area contributed by atoms with E-state index in [1.807, 2.05) is 0 Å². The zero-order valence-electron chi connectivity index (χ0n) is 15.7. The first kappa shape index (κ1) is 31.0. The second kappa shape index (κ2) is 33.7. The summed E-state index contributed by atoms with van der Waals surface area (Å²) < 4.78 is 0. The first-order valence-corrected chi connectivity index (χ1v) is 10.2. The summed E-state index contributed by atoms with van der Waals surface area (Å²) >= 11 is 14.6. The average Bonchev–Trinajstić information content (AvgIpc) is 2.57. The van der Waals surface area contributed by atoms with Crippen LogP contribution < -0.4 is 0 Å². The van der Waals surface area contributed by atoms with Crippen molar-refractivity contribution in [2.45, 2.75) is 92.4 Å². The highest BCUT2D eigenvalue weighted by molar-refractivity contribution is 6.67. The highest BCUT2D eigenvalue weighted by Gasteiger charge is 1.88. The number of unbranched alkanes of at least 4 members (excludes halogenated alkanes) is 6. The van der Waals surface area contributed by atoms with Crippen LogP contribution in [0.25, 0.3) is 0 Å². The van der Waals surface area contributed by atoms with E-state index in [9.17, 15) is 9.59 Å². The Bertz CT molecular complexity index is 210. The van der Waals surface area contributed by atoms with Crippen LogP contribution in [0.5, 0.6) is 0 Å². The van der Waals surface area contributed by atoms with E-state index in [1.54, 1.807) is 6.92 Å². The Hall–Kier alpha value is 0.210. The molecule has 0 heterocycles. The minimum atomic E-state index is -0.508. The molecule has 0 radical (unpaired) electrons. The lowest BCUT2D eigenvalue weighted by atomic mass is 10.2. The molecule has 142 valence electrons. The molecule has 0 atom stereocenters. The van der Waals surface area contributed by atoms with Gasteiger partial charge in [0.05, 0.1) is 11.8 Å². The molecule has 0 unspecified atom stereocenters. The Morgan fingerprint density at radius 3 is 1.09 bits per heavy atom. The van der Waals surface area contributed by atoms with Gasteiger partial charge in [-0.05, 0) is 11.6 Å². The van der Waals surface area contributed by atoms with Gasteiger partial charge in [-0.15, -0.1) is 23.2 Å². The van der Waals surface area contributed by atoms with Crippen molar-refractivity contribution >= 4 is 45.8 Å². The van der Waals surface area contributed by atoms with E-state index in [0.717, 1.165) is 0 Å². The van der Waals surface area contributed by atoms with Crippen molar-refractivity contribution in [2.75, 3.05) is 11.8 Å². The van der Waals surface area contributed by atoms with Gasteiger partial charge in [0.1, 0.15) is 5.78 Å². The maximum Gasteiger partial charge on any atom is 0.236 e. The Labute approximate surface area is 159 Å². The Morgan fingerprint density at radius 1 is 0.652 bits per heavy atom. The van der Waals surface area contributed by atoms with E-state index in [1.165, 1.54) is 51.4 Å². The second-order valence-electron chi connectivity index (χ2n) is 4.93. The molecule has 0 rings (SSSR count). The molecule has 0 aliphatic rings. The third-order valence-corrected chi connectivity index (χ3v) is 3.37. The van der Waals surface area contributed by atoms with Gasteiger partial charge in [-0.1, -0.05) is 86.0 Å². The lowest BCUT2D eigenvalue weighted by Gasteiger charge is -1.90. The zero-order valence-corrected chi connectivity index (χ0v) is 18.0. The first-order chi connectivity index (χ1) is 10.9. The summed E-state index contributed by atoms with van der Waals surface area (Å²) in [5.74, 6) is 0.176. The molecular weight excluding hydrogens is 355 g/mol. The largest absolute Gasteiger partial charge is 0.298 e. The van der Waals surface area contributed by atoms with Gasteiger partial charge in [-0.2, -0.15) is 0 Å². The molecule has 0 N–H and O–H groups in total. The normalized spacial score (nSPS) is 8.52. The van der Waals surface area contributed by atoms with E-state index in [4.69, 9.17) is 34.8 Å². The summed E-state index contributed by atoms with van der Waals surface area (Å²) in [6, 6.07) is 0. The van der Waals surface area contributed by atoms with Gasteiger partial charge < -0.3 is 0 Å². The van der Waals surface area contributed by atoms with Crippen LogP contribution in [0.3, 0.4) is 0 Å². The van der Waals surface area contributed by atoms with Crippen LogP contribution in [-0.4, -0.2) is 22.8 Å². The molecule has 0 bridgehead atoms. The number of Topliss-reactive ketones (excluding diaryl/α,β-unsaturated/α-hetero) is 1. The zero-order chi connectivity index (χ0) is 18.9. The average molecular weight is 392 g/mol. The summed E-state index contributed by atoms with van der Waals surface area (Å²) in [5.41, 5.74) is 0. The van der Waals surface area contributed by atoms with Crippen molar-refractivity contribution in [3.8, 4) is 0 Å². The predicted molar refractivity (Wildman–Crippen MR) is 107 cm³/mol. The summed E-state index contributed by atoms with van der Waals surface area (Å²) in [6.45, 7) is 10.7. The number of carbonyl (C=O) groups excluding carboxylic acids is 2. The van der Waals surface area contributed by atoms with E-state index < -0.39 is 5.24 Å². The third-order valence-electron chi connectivity index (χ3n) is 2.56. The summed E-state index contributed by atoms with van der Waals surface area (Å²) in [4.78, 5) is 19.5. The monoisotopic (exact) mass is 390 g/mol. The highest BCUT2D eigenvalue weighted by atomic mass is 35.5. The number of carbonyl (C=O) groups is 2. The van der Waals surface area contributed by atoms with Crippen molar-refractivity contribution in [1.82, 2.24) is 0 Å². The lowest BCUT2D eigenvalue weighted by Crippen LogP contribution is -1.93. The van der Waals surface area contributed by atoms with Crippen LogP contribution in [0.2, 0.25) is 0 Å². The van der Waals surface area contributed by atoms with Gasteiger partial charge in [-0.25, -0.2) is 0 Å². The van der Waals surface area contributed by atoms with Crippen molar-refractivity contribution in [3.05, 3.63) is 0 Å². The van der Waals surface area contributed by atoms with Gasteiger partial charge in [-0.3, -0.25) is 9.59 Å². The fourth-order valence-electron chi connectivity index (χ4n) is 1.12. The maximum atomic E-state index is 10.0. The maximum absolute atomic E-state index is 10.0. The molecule has 0 fully saturated rings. The third kappa shape index (κ3) is 60.8. The van der Waals surface area contributed by atoms with Crippen molar-refractivity contribution in [1.29, 1.82) is 0 Å². The molecule has 0 aromatic rings. The van der Waals surface area contributed by atoms with Gasteiger partial charge in [0.25, 0.3) is 0 Å². The molecule has 0 aliphatic carbocycles. The molecule has 0 spiro atoms. The molecule has 2 nitrogen and oxygen atoms in total. The first-order valence-electron chi connectivity index (χ1n) is 8.73. The Morgan fingerprint density at radius 2 is 1.00 bits per heavy atom. The van der Waals surface area contributed by atoms with Crippen molar-refractivity contribution in [3.63, 3.8) is 0 Å². The van der Waals surface area contributed by atoms with Gasteiger partial charge >= 0.3 is 0 Å². The summed E-state index contributed by atoms with van der Waals surface area (Å²) in [7, 11) is 0. The number of hydrogen-bond acceptors (Lipinski definition) is 2. The van der Waals surface area contributed by atoms with Crippen LogP contribution in [-0.2, 0) is 9.59 Å². The number of halogens is 3. The van der Waals surface area contributed by atoms with Crippen LogP contribution in [0.4, 0.5) is 0 Å². The SMILES string of the molecule is CCC(=O)CCl.CCCCC.CCCCCCC.O=C(Cl)CCl. The minimum Gasteiger partial charge on any atom is -0.298 e. The predicted octanol–water partition coefficient (Wildman–Crippen LogP) is 7.37. The smallest absolute Gasteiger partial charge is 0.236 e. The molecule has 0 saturated heterocycles. The van der Waals surface area contributed by atoms with E-state index in [0.29, 0.717) is 6.42 Å². The molecular formula is C18H37Cl3O2. The molecule has 5 heteroatoms. The van der Waals surface area contributed by atoms with Gasteiger partial charge in [0.2, 0.25) is 5.24 Å². The van der Waals surface area contributed by atoms with Crippen molar-refractivity contribution in [2.24, 2.45) is 0 Å². The van der Waals surface area contributed by atoms with Gasteiger partial charge in [0, 0.05) is 6.42 Å². The van der Waals surface area contributed by atoms with Crippen molar-refractivity contribution < 1.29 is 9.59 Å². The molecule has 23 heavy (non-hydrogen) atoms. The highest BCUT2D eigenvalue weighted by Crippen LogP contribution is 2.00. The van der Waals surface area contributed by atoms with Crippen LogP contribution in [0, 0.1) is 0 Å². The van der Waals surface area contributed by atoms with E-state index >= 15 is 0 Å². The summed E-state index contributed by atoms with van der Waals surface area (Å²) in [5, 5.41) is -0.508. The number of ketones is 1. The topological polar surface area (TPSA) is 34.1 Å². The van der Waals surface area contributed by atoms with E-state index in [-0.39, 0.29) is 17.5 Å². The molecule has 0 aliphatic heterocycles. The summed E-state index contributed by atoms with van der Waals surface area (Å²) in [6.07, 6.45) is 11.6. The quantitative estimate of drug-likeness (QED) is 0.233. The molecule has 0 aromatic heterocycles. The van der Waals surface area contributed by atoms with E-state index in [2.05, 4.69) is 27.7 Å². The Kier molecular flexibility index (Phi) is 45.5. The lowest BCUT2D eigenvalue weighted by molar-refractivity contribution is -0.116. The number of hydrogen-bond donors (Lipinski definition) is 0. The minimum absolute atomic E-state index is 0.0957.